The van der Waals surface area contributed by atoms with Crippen molar-refractivity contribution in [3.8, 4) is 0 Å². The number of hydrogen-bond donors (Lipinski definition) is 1. The van der Waals surface area contributed by atoms with Crippen molar-refractivity contribution >= 4 is 11.8 Å². The summed E-state index contributed by atoms with van der Waals surface area (Å²) >= 11 is 1.28. The first-order valence-corrected chi connectivity index (χ1v) is 7.48. The van der Waals surface area contributed by atoms with Crippen LogP contribution in [0.15, 0.2) is 40.5 Å². The Kier molecular flexibility index (Phi) is 5.49. The van der Waals surface area contributed by atoms with Gasteiger partial charge in [-0.3, -0.25) is 0 Å². The predicted molar refractivity (Wildman–Crippen MR) is 79.3 cm³/mol. The molecule has 20 heavy (non-hydrogen) atoms. The van der Waals surface area contributed by atoms with E-state index >= 15 is 0 Å². The molecular formula is C15H18FN3S. The highest BCUT2D eigenvalue weighted by Gasteiger charge is 2.11. The molecule has 1 aromatic heterocycles. The number of hydrogen-bond acceptors (Lipinski definition) is 4. The lowest BCUT2D eigenvalue weighted by Gasteiger charge is -2.10. The maximum absolute atomic E-state index is 14.0. The zero-order valence-electron chi connectivity index (χ0n) is 11.7. The molecule has 0 saturated heterocycles. The molecule has 0 aliphatic heterocycles. The Morgan fingerprint density at radius 2 is 2.15 bits per heavy atom. The van der Waals surface area contributed by atoms with E-state index in [9.17, 15) is 4.39 Å². The van der Waals surface area contributed by atoms with Gasteiger partial charge in [-0.25, -0.2) is 14.4 Å². The summed E-state index contributed by atoms with van der Waals surface area (Å²) in [5.41, 5.74) is 1.82. The van der Waals surface area contributed by atoms with Crippen molar-refractivity contribution in [1.29, 1.82) is 0 Å². The number of aromatic nitrogens is 2. The van der Waals surface area contributed by atoms with Crippen LogP contribution < -0.4 is 5.32 Å². The van der Waals surface area contributed by atoms with Crippen LogP contribution in [0.2, 0.25) is 0 Å². The molecule has 0 spiro atoms. The molecule has 3 nitrogen and oxygen atoms in total. The van der Waals surface area contributed by atoms with Crippen LogP contribution in [0.25, 0.3) is 0 Å². The molecule has 2 aromatic rings. The van der Waals surface area contributed by atoms with Gasteiger partial charge in [0.2, 0.25) is 0 Å². The Bertz CT molecular complexity index is 575. The summed E-state index contributed by atoms with van der Waals surface area (Å²) in [5.74, 6) is -0.226. The van der Waals surface area contributed by atoms with E-state index in [4.69, 9.17) is 0 Å². The minimum Gasteiger partial charge on any atom is -0.313 e. The van der Waals surface area contributed by atoms with Crippen LogP contribution in [0.5, 0.6) is 0 Å². The quantitative estimate of drug-likeness (QED) is 0.652. The summed E-state index contributed by atoms with van der Waals surface area (Å²) in [4.78, 5) is 9.09. The molecule has 0 amide bonds. The van der Waals surface area contributed by atoms with Crippen molar-refractivity contribution in [3.05, 3.63) is 47.5 Å². The van der Waals surface area contributed by atoms with Gasteiger partial charge in [0.25, 0.3) is 0 Å². The van der Waals surface area contributed by atoms with Gasteiger partial charge in [0.1, 0.15) is 5.82 Å². The molecule has 1 aromatic carbocycles. The monoisotopic (exact) mass is 291 g/mol. The molecule has 106 valence electrons. The lowest BCUT2D eigenvalue weighted by molar-refractivity contribution is 0.588. The molecule has 0 aliphatic carbocycles. The molecule has 0 atom stereocenters. The van der Waals surface area contributed by atoms with Crippen molar-refractivity contribution in [3.63, 3.8) is 0 Å². The molecule has 0 unspecified atom stereocenters. The fraction of sp³-hybridized carbons (Fsp3) is 0.333. The second-order valence-corrected chi connectivity index (χ2v) is 5.47. The van der Waals surface area contributed by atoms with E-state index < -0.39 is 0 Å². The third kappa shape index (κ3) is 4.02. The van der Waals surface area contributed by atoms with Crippen molar-refractivity contribution in [2.24, 2.45) is 0 Å². The van der Waals surface area contributed by atoms with Crippen LogP contribution in [-0.2, 0) is 6.54 Å². The smallest absolute Gasteiger partial charge is 0.192 e. The van der Waals surface area contributed by atoms with E-state index in [0.717, 1.165) is 24.2 Å². The van der Waals surface area contributed by atoms with Gasteiger partial charge >= 0.3 is 0 Å². The average molecular weight is 291 g/mol. The van der Waals surface area contributed by atoms with Crippen LogP contribution in [-0.4, -0.2) is 16.5 Å². The number of aryl methyl sites for hydroxylation is 1. The zero-order valence-corrected chi connectivity index (χ0v) is 12.5. The van der Waals surface area contributed by atoms with E-state index in [0.29, 0.717) is 16.6 Å². The van der Waals surface area contributed by atoms with Crippen LogP contribution >= 0.6 is 11.8 Å². The molecule has 0 fully saturated rings. The lowest BCUT2D eigenvalue weighted by atomic mass is 10.2. The molecule has 1 N–H and O–H groups in total. The number of halogens is 1. The molecule has 0 radical (unpaired) electrons. The highest BCUT2D eigenvalue weighted by molar-refractivity contribution is 7.99. The first-order chi connectivity index (χ1) is 9.70. The SMILES string of the molecule is CCCNCc1cccc(F)c1Sc1nccc(C)n1. The Morgan fingerprint density at radius 3 is 2.90 bits per heavy atom. The summed E-state index contributed by atoms with van der Waals surface area (Å²) in [6.07, 6.45) is 2.75. The van der Waals surface area contributed by atoms with Crippen LogP contribution in [0.4, 0.5) is 4.39 Å². The van der Waals surface area contributed by atoms with Crippen molar-refractivity contribution in [1.82, 2.24) is 15.3 Å². The maximum Gasteiger partial charge on any atom is 0.192 e. The number of benzene rings is 1. The van der Waals surface area contributed by atoms with Gasteiger partial charge in [-0.15, -0.1) is 0 Å². The predicted octanol–water partition coefficient (Wildman–Crippen LogP) is 3.57. The van der Waals surface area contributed by atoms with Gasteiger partial charge in [-0.05, 0) is 49.3 Å². The molecule has 0 bridgehead atoms. The number of rotatable bonds is 6. The summed E-state index contributed by atoms with van der Waals surface area (Å²) in [7, 11) is 0. The number of nitrogens with one attached hydrogen (secondary N) is 1. The molecule has 2 rings (SSSR count). The summed E-state index contributed by atoms with van der Waals surface area (Å²) in [6, 6.07) is 6.97. The number of nitrogens with zero attached hydrogens (tertiary/aromatic N) is 2. The fourth-order valence-corrected chi connectivity index (χ4v) is 2.70. The maximum atomic E-state index is 14.0. The third-order valence-electron chi connectivity index (χ3n) is 2.76. The van der Waals surface area contributed by atoms with Gasteiger partial charge in [-0.2, -0.15) is 0 Å². The van der Waals surface area contributed by atoms with E-state index in [1.165, 1.54) is 17.8 Å². The summed E-state index contributed by atoms with van der Waals surface area (Å²) in [6.45, 7) is 5.58. The Hall–Kier alpha value is -1.46. The standard InChI is InChI=1S/C15H18FN3S/c1-3-8-17-10-12-5-4-6-13(16)14(12)20-15-18-9-7-11(2)19-15/h4-7,9,17H,3,8,10H2,1-2H3. The molecule has 0 saturated carbocycles. The zero-order chi connectivity index (χ0) is 14.4. The van der Waals surface area contributed by atoms with E-state index in [-0.39, 0.29) is 5.82 Å². The highest BCUT2D eigenvalue weighted by Crippen LogP contribution is 2.30. The second kappa shape index (κ2) is 7.36. The van der Waals surface area contributed by atoms with E-state index in [1.54, 1.807) is 12.3 Å². The largest absolute Gasteiger partial charge is 0.313 e. The van der Waals surface area contributed by atoms with Crippen molar-refractivity contribution in [2.75, 3.05) is 6.54 Å². The summed E-state index contributed by atoms with van der Waals surface area (Å²) < 4.78 is 14.0. The van der Waals surface area contributed by atoms with Gasteiger partial charge in [0.15, 0.2) is 5.16 Å². The average Bonchev–Trinajstić information content (AvgIpc) is 2.43. The van der Waals surface area contributed by atoms with Gasteiger partial charge < -0.3 is 5.32 Å². The van der Waals surface area contributed by atoms with Crippen LogP contribution in [0, 0.1) is 12.7 Å². The Labute approximate surface area is 123 Å². The molecular weight excluding hydrogens is 273 g/mol. The van der Waals surface area contributed by atoms with Crippen molar-refractivity contribution < 1.29 is 4.39 Å². The van der Waals surface area contributed by atoms with Crippen molar-refractivity contribution in [2.45, 2.75) is 36.9 Å². The summed E-state index contributed by atoms with van der Waals surface area (Å²) in [5, 5.41) is 3.87. The fourth-order valence-electron chi connectivity index (χ4n) is 1.77. The second-order valence-electron chi connectivity index (χ2n) is 4.49. The lowest BCUT2D eigenvalue weighted by Crippen LogP contribution is -2.14. The minimum absolute atomic E-state index is 0.226. The third-order valence-corrected chi connectivity index (χ3v) is 3.80. The first kappa shape index (κ1) is 14.9. The highest BCUT2D eigenvalue weighted by atomic mass is 32.2. The van der Waals surface area contributed by atoms with Gasteiger partial charge in [0.05, 0.1) is 4.90 Å². The van der Waals surface area contributed by atoms with Crippen LogP contribution in [0.1, 0.15) is 24.6 Å². The van der Waals surface area contributed by atoms with Gasteiger partial charge in [-0.1, -0.05) is 19.1 Å². The Morgan fingerprint density at radius 1 is 1.30 bits per heavy atom. The normalized spacial score (nSPS) is 10.8. The van der Waals surface area contributed by atoms with Crippen LogP contribution in [0.3, 0.4) is 0 Å². The van der Waals surface area contributed by atoms with E-state index in [1.807, 2.05) is 19.1 Å². The minimum atomic E-state index is -0.226. The topological polar surface area (TPSA) is 37.8 Å². The first-order valence-electron chi connectivity index (χ1n) is 6.66. The molecule has 5 heteroatoms. The Balaban J connectivity index is 2.21. The molecule has 0 aliphatic rings. The van der Waals surface area contributed by atoms with E-state index in [2.05, 4.69) is 22.2 Å². The molecule has 1 heterocycles. The van der Waals surface area contributed by atoms with Gasteiger partial charge in [0, 0.05) is 18.4 Å².